The van der Waals surface area contributed by atoms with Crippen molar-refractivity contribution in [3.8, 4) is 0 Å². The van der Waals surface area contributed by atoms with Crippen LogP contribution in [0.4, 0.5) is 35.1 Å². The normalized spacial score (nSPS) is 20.3. The molecule has 4 rings (SSSR count). The highest BCUT2D eigenvalue weighted by atomic mass is 19.4. The summed E-state index contributed by atoms with van der Waals surface area (Å²) < 4.78 is 60.5. The van der Waals surface area contributed by atoms with Crippen LogP contribution in [0.15, 0.2) is 24.5 Å². The molecule has 3 unspecified atom stereocenters. The number of nitrogens with zero attached hydrogens (tertiary/aromatic N) is 6. The van der Waals surface area contributed by atoms with Crippen LogP contribution in [0.25, 0.3) is 11.0 Å². The highest BCUT2D eigenvalue weighted by molar-refractivity contribution is 5.79. The first-order valence-electron chi connectivity index (χ1n) is 10.3. The molecule has 4 heterocycles. The van der Waals surface area contributed by atoms with E-state index in [1.165, 1.54) is 25.6 Å². The van der Waals surface area contributed by atoms with Gasteiger partial charge in [0.25, 0.3) is 0 Å². The molecule has 33 heavy (non-hydrogen) atoms. The van der Waals surface area contributed by atoms with Crippen LogP contribution in [0, 0.1) is 0 Å². The van der Waals surface area contributed by atoms with Gasteiger partial charge in [0.15, 0.2) is 0 Å². The third kappa shape index (κ3) is 4.69. The number of anilines is 3. The number of hydrogen-bond donors (Lipinski definition) is 2. The lowest BCUT2D eigenvalue weighted by atomic mass is 10.1. The molecule has 0 aliphatic carbocycles. The maximum absolute atomic E-state index is 14.2. The third-order valence-corrected chi connectivity index (χ3v) is 5.62. The molecular formula is C20H23F4N7O2. The van der Waals surface area contributed by atoms with Gasteiger partial charge in [-0.3, -0.25) is 0 Å². The summed E-state index contributed by atoms with van der Waals surface area (Å²) in [4.78, 5) is 18.5. The molecule has 9 nitrogen and oxygen atoms in total. The Morgan fingerprint density at radius 3 is 2.73 bits per heavy atom. The summed E-state index contributed by atoms with van der Waals surface area (Å²) in [6.07, 6.45) is -2.86. The number of aliphatic hydroxyl groups is 1. The van der Waals surface area contributed by atoms with Gasteiger partial charge in [0, 0.05) is 25.9 Å². The number of aromatic nitrogens is 5. The Labute approximate surface area is 186 Å². The van der Waals surface area contributed by atoms with E-state index < -0.39 is 31.1 Å². The number of alkyl halides is 4. The molecule has 0 bridgehead atoms. The fourth-order valence-electron chi connectivity index (χ4n) is 3.84. The summed E-state index contributed by atoms with van der Waals surface area (Å²) >= 11 is 0. The maximum Gasteiger partial charge on any atom is 0.408 e. The molecule has 1 aliphatic rings. The number of halogens is 4. The molecule has 1 saturated heterocycles. The predicted molar refractivity (Wildman–Crippen MR) is 112 cm³/mol. The first-order chi connectivity index (χ1) is 15.7. The standard InChI is InChI=1S/C20H23F4N7O2/c1-11(20(22,23)24)31-14-7-17(26-8-13(14)27-18(31)10-32)28-16-3-5-25-19(29-16)30-6-4-15(33-2)12(21)9-30/h3,5,7-8,11-12,15,32H,4,6,9-10H2,1-2H3,(H,25,26,28,29). The molecule has 0 radical (unpaired) electrons. The smallest absolute Gasteiger partial charge is 0.388 e. The van der Waals surface area contributed by atoms with E-state index in [-0.39, 0.29) is 29.2 Å². The lowest BCUT2D eigenvalue weighted by Gasteiger charge is -2.33. The summed E-state index contributed by atoms with van der Waals surface area (Å²) in [7, 11) is 1.47. The summed E-state index contributed by atoms with van der Waals surface area (Å²) in [5.41, 5.74) is 0.386. The van der Waals surface area contributed by atoms with Gasteiger partial charge in [-0.1, -0.05) is 0 Å². The van der Waals surface area contributed by atoms with Crippen molar-refractivity contribution in [1.29, 1.82) is 0 Å². The van der Waals surface area contributed by atoms with Gasteiger partial charge >= 0.3 is 6.18 Å². The monoisotopic (exact) mass is 469 g/mol. The van der Waals surface area contributed by atoms with Crippen molar-refractivity contribution in [2.75, 3.05) is 30.4 Å². The summed E-state index contributed by atoms with van der Waals surface area (Å²) in [6.45, 7) is 0.952. The third-order valence-electron chi connectivity index (χ3n) is 5.62. The first-order valence-corrected chi connectivity index (χ1v) is 10.3. The molecular weight excluding hydrogens is 446 g/mol. The van der Waals surface area contributed by atoms with E-state index >= 15 is 0 Å². The molecule has 3 atom stereocenters. The zero-order valence-corrected chi connectivity index (χ0v) is 17.9. The van der Waals surface area contributed by atoms with E-state index in [1.807, 2.05) is 0 Å². The van der Waals surface area contributed by atoms with E-state index in [0.29, 0.717) is 24.7 Å². The van der Waals surface area contributed by atoms with Crippen molar-refractivity contribution in [3.63, 3.8) is 0 Å². The number of methoxy groups -OCH3 is 1. The average molecular weight is 469 g/mol. The van der Waals surface area contributed by atoms with Gasteiger partial charge in [0.1, 0.15) is 41.8 Å². The maximum atomic E-state index is 14.2. The van der Waals surface area contributed by atoms with Crippen LogP contribution in [0.3, 0.4) is 0 Å². The number of hydrogen-bond acceptors (Lipinski definition) is 8. The fourth-order valence-corrected chi connectivity index (χ4v) is 3.84. The minimum absolute atomic E-state index is 0.0879. The molecule has 1 aliphatic heterocycles. The molecule has 3 aromatic heterocycles. The largest absolute Gasteiger partial charge is 0.408 e. The van der Waals surface area contributed by atoms with Gasteiger partial charge in [-0.2, -0.15) is 18.2 Å². The predicted octanol–water partition coefficient (Wildman–Crippen LogP) is 3.14. The molecule has 13 heteroatoms. The highest BCUT2D eigenvalue weighted by Gasteiger charge is 2.39. The second-order valence-electron chi connectivity index (χ2n) is 7.72. The van der Waals surface area contributed by atoms with Crippen LogP contribution < -0.4 is 10.2 Å². The summed E-state index contributed by atoms with van der Waals surface area (Å²) in [6, 6.07) is 1.08. The zero-order chi connectivity index (χ0) is 23.8. The van der Waals surface area contributed by atoms with E-state index in [1.54, 1.807) is 11.0 Å². The quantitative estimate of drug-likeness (QED) is 0.531. The number of imidazole rings is 1. The molecule has 0 amide bonds. The number of aliphatic hydroxyl groups excluding tert-OH is 1. The molecule has 3 aromatic rings. The lowest BCUT2D eigenvalue weighted by Crippen LogP contribution is -2.46. The van der Waals surface area contributed by atoms with Crippen LogP contribution in [-0.4, -0.2) is 68.3 Å². The molecule has 1 fully saturated rings. The number of fused-ring (bicyclic) bond motifs is 1. The van der Waals surface area contributed by atoms with Crippen molar-refractivity contribution < 1.29 is 27.4 Å². The molecule has 0 saturated carbocycles. The minimum atomic E-state index is -4.53. The van der Waals surface area contributed by atoms with Gasteiger partial charge in [-0.15, -0.1) is 0 Å². The van der Waals surface area contributed by atoms with E-state index in [4.69, 9.17) is 4.74 Å². The van der Waals surface area contributed by atoms with Crippen LogP contribution >= 0.6 is 0 Å². The first kappa shape index (κ1) is 23.1. The fraction of sp³-hybridized carbons (Fsp3) is 0.500. The van der Waals surface area contributed by atoms with Gasteiger partial charge in [0.2, 0.25) is 5.95 Å². The summed E-state index contributed by atoms with van der Waals surface area (Å²) in [5, 5.41) is 12.4. The Morgan fingerprint density at radius 2 is 2.06 bits per heavy atom. The van der Waals surface area contributed by atoms with Gasteiger partial charge in [-0.25, -0.2) is 19.3 Å². The zero-order valence-electron chi connectivity index (χ0n) is 17.9. The van der Waals surface area contributed by atoms with Crippen molar-refractivity contribution in [2.24, 2.45) is 0 Å². The second kappa shape index (κ2) is 9.06. The molecule has 0 aromatic carbocycles. The number of pyridine rings is 1. The van der Waals surface area contributed by atoms with Gasteiger partial charge in [0.05, 0.1) is 24.4 Å². The molecule has 178 valence electrons. The molecule has 2 N–H and O–H groups in total. The minimum Gasteiger partial charge on any atom is -0.388 e. The van der Waals surface area contributed by atoms with Crippen LogP contribution in [0.1, 0.15) is 25.2 Å². The number of rotatable bonds is 6. The second-order valence-corrected chi connectivity index (χ2v) is 7.72. The van der Waals surface area contributed by atoms with E-state index in [0.717, 1.165) is 11.5 Å². The van der Waals surface area contributed by atoms with Gasteiger partial charge in [-0.05, 0) is 19.4 Å². The topological polar surface area (TPSA) is 101 Å². The van der Waals surface area contributed by atoms with Crippen LogP contribution in [0.2, 0.25) is 0 Å². The Balaban J connectivity index is 1.60. The van der Waals surface area contributed by atoms with E-state index in [2.05, 4.69) is 25.3 Å². The van der Waals surface area contributed by atoms with Crippen molar-refractivity contribution in [1.82, 2.24) is 24.5 Å². The lowest BCUT2D eigenvalue weighted by molar-refractivity contribution is -0.162. The number of nitrogens with one attached hydrogen (secondary N) is 1. The van der Waals surface area contributed by atoms with Crippen molar-refractivity contribution in [3.05, 3.63) is 30.4 Å². The average Bonchev–Trinajstić information content (AvgIpc) is 3.15. The Bertz CT molecular complexity index is 1120. The van der Waals surface area contributed by atoms with Gasteiger partial charge < -0.3 is 24.6 Å². The Morgan fingerprint density at radius 1 is 1.27 bits per heavy atom. The van der Waals surface area contributed by atoms with Crippen LogP contribution in [-0.2, 0) is 11.3 Å². The molecule has 0 spiro atoms. The number of ether oxygens (including phenoxy) is 1. The SMILES string of the molecule is COC1CCN(c2nccc(Nc3cc4c(cn3)nc(CO)n4C(C)C(F)(F)F)n2)CC1F. The Hall–Kier alpha value is -3.06. The van der Waals surface area contributed by atoms with Crippen molar-refractivity contribution in [2.45, 2.75) is 44.4 Å². The Kier molecular flexibility index (Phi) is 6.34. The van der Waals surface area contributed by atoms with Crippen molar-refractivity contribution >= 4 is 28.6 Å². The summed E-state index contributed by atoms with van der Waals surface area (Å²) in [5.74, 6) is 0.775. The highest BCUT2D eigenvalue weighted by Crippen LogP contribution is 2.34. The van der Waals surface area contributed by atoms with Crippen LogP contribution in [0.5, 0.6) is 0 Å². The number of piperidine rings is 1. The van der Waals surface area contributed by atoms with E-state index in [9.17, 15) is 22.7 Å².